The molecule has 0 saturated carbocycles. The molecule has 2 heterocycles. The maximum Gasteiger partial charge on any atom is 0.240 e. The number of likely N-dealkylation sites (N-methyl/N-ethyl adjacent to an activating group) is 1. The molecule has 0 aromatic carbocycles. The third kappa shape index (κ3) is 2.54. The van der Waals surface area contributed by atoms with Crippen molar-refractivity contribution in [3.63, 3.8) is 0 Å². The third-order valence-electron chi connectivity index (χ3n) is 4.66. The highest BCUT2D eigenvalue weighted by molar-refractivity contribution is 5.82. The molecule has 18 heavy (non-hydrogen) atoms. The predicted octanol–water partition coefficient (Wildman–Crippen LogP) is 1.05. The van der Waals surface area contributed by atoms with Gasteiger partial charge in [0.2, 0.25) is 5.91 Å². The molecule has 2 aliphatic heterocycles. The second-order valence-electron chi connectivity index (χ2n) is 6.97. The molecule has 2 saturated heterocycles. The first-order valence-electron chi connectivity index (χ1n) is 7.07. The fourth-order valence-corrected chi connectivity index (χ4v) is 3.08. The Morgan fingerprint density at radius 2 is 1.83 bits per heavy atom. The molecule has 1 amide bonds. The van der Waals surface area contributed by atoms with Crippen molar-refractivity contribution >= 4 is 5.91 Å². The molecule has 4 nitrogen and oxygen atoms in total. The number of fused-ring (bicyclic) bond motifs is 2. The number of rotatable bonds is 1. The summed E-state index contributed by atoms with van der Waals surface area (Å²) >= 11 is 0. The van der Waals surface area contributed by atoms with Crippen LogP contribution in [0, 0.1) is 5.41 Å². The van der Waals surface area contributed by atoms with Gasteiger partial charge in [-0.2, -0.15) is 0 Å². The molecule has 0 aromatic rings. The van der Waals surface area contributed by atoms with Crippen LogP contribution in [-0.4, -0.2) is 54.0 Å². The number of carbonyl (C=O) groups is 1. The SMILES string of the molecule is CN1C2CCC1CN(C(=O)[C@H](N)C(C)(C)C)CC2. The molecular formula is C14H27N3O. The minimum atomic E-state index is -0.389. The molecule has 3 atom stereocenters. The van der Waals surface area contributed by atoms with Crippen molar-refractivity contribution in [1.29, 1.82) is 0 Å². The molecule has 2 unspecified atom stereocenters. The Morgan fingerprint density at radius 3 is 2.44 bits per heavy atom. The Labute approximate surface area is 110 Å². The maximum atomic E-state index is 12.5. The van der Waals surface area contributed by atoms with Gasteiger partial charge in [0, 0.05) is 25.2 Å². The summed E-state index contributed by atoms with van der Waals surface area (Å²) in [4.78, 5) is 16.9. The van der Waals surface area contributed by atoms with Gasteiger partial charge in [-0.1, -0.05) is 20.8 Å². The lowest BCUT2D eigenvalue weighted by atomic mass is 9.86. The van der Waals surface area contributed by atoms with Crippen LogP contribution in [0.5, 0.6) is 0 Å². The summed E-state index contributed by atoms with van der Waals surface area (Å²) in [6.45, 7) is 7.83. The van der Waals surface area contributed by atoms with Gasteiger partial charge in [-0.15, -0.1) is 0 Å². The molecule has 104 valence electrons. The Balaban J connectivity index is 2.04. The van der Waals surface area contributed by atoms with E-state index in [2.05, 4.69) is 11.9 Å². The summed E-state index contributed by atoms with van der Waals surface area (Å²) in [5, 5.41) is 0. The summed E-state index contributed by atoms with van der Waals surface area (Å²) in [7, 11) is 2.19. The molecule has 2 fully saturated rings. The Bertz CT molecular complexity index is 323. The number of amides is 1. The number of hydrogen-bond acceptors (Lipinski definition) is 3. The van der Waals surface area contributed by atoms with Crippen molar-refractivity contribution in [3.8, 4) is 0 Å². The number of nitrogens with two attached hydrogens (primary N) is 1. The molecule has 2 bridgehead atoms. The van der Waals surface area contributed by atoms with Gasteiger partial charge in [0.25, 0.3) is 0 Å². The van der Waals surface area contributed by atoms with Crippen LogP contribution in [0.4, 0.5) is 0 Å². The van der Waals surface area contributed by atoms with E-state index in [1.807, 2.05) is 25.7 Å². The van der Waals surface area contributed by atoms with Crippen molar-refractivity contribution in [1.82, 2.24) is 9.80 Å². The predicted molar refractivity (Wildman–Crippen MR) is 73.2 cm³/mol. The normalized spacial score (nSPS) is 31.3. The number of carbonyl (C=O) groups excluding carboxylic acids is 1. The molecule has 0 aliphatic carbocycles. The van der Waals surface area contributed by atoms with Gasteiger partial charge in [0.15, 0.2) is 0 Å². The van der Waals surface area contributed by atoms with Crippen molar-refractivity contribution in [2.24, 2.45) is 11.1 Å². The summed E-state index contributed by atoms with van der Waals surface area (Å²) in [6, 6.07) is 0.812. The van der Waals surface area contributed by atoms with Crippen molar-refractivity contribution in [2.75, 3.05) is 20.1 Å². The molecular weight excluding hydrogens is 226 g/mol. The van der Waals surface area contributed by atoms with Gasteiger partial charge < -0.3 is 10.6 Å². The number of nitrogens with zero attached hydrogens (tertiary/aromatic N) is 2. The standard InChI is InChI=1S/C14H27N3O/c1-14(2,3)12(15)13(18)17-8-7-10-5-6-11(9-17)16(10)4/h10-12H,5-9,15H2,1-4H3/t10?,11?,12-/m0/s1. The van der Waals surface area contributed by atoms with E-state index in [1.165, 1.54) is 12.8 Å². The smallest absolute Gasteiger partial charge is 0.240 e. The van der Waals surface area contributed by atoms with Crippen LogP contribution in [0.25, 0.3) is 0 Å². The van der Waals surface area contributed by atoms with Gasteiger partial charge in [0.05, 0.1) is 6.04 Å². The first kappa shape index (κ1) is 13.8. The van der Waals surface area contributed by atoms with Crippen LogP contribution < -0.4 is 5.73 Å². The molecule has 4 heteroatoms. The van der Waals surface area contributed by atoms with Crippen LogP contribution in [0.1, 0.15) is 40.0 Å². The molecule has 0 aromatic heterocycles. The zero-order valence-corrected chi connectivity index (χ0v) is 12.1. The minimum Gasteiger partial charge on any atom is -0.340 e. The molecule has 2 rings (SSSR count). The highest BCUT2D eigenvalue weighted by atomic mass is 16.2. The fraction of sp³-hybridized carbons (Fsp3) is 0.929. The fourth-order valence-electron chi connectivity index (χ4n) is 3.08. The van der Waals surface area contributed by atoms with Gasteiger partial charge in [-0.05, 0) is 31.7 Å². The highest BCUT2D eigenvalue weighted by Gasteiger charge is 2.38. The minimum absolute atomic E-state index is 0.128. The van der Waals surface area contributed by atoms with Crippen molar-refractivity contribution < 1.29 is 4.79 Å². The lowest BCUT2D eigenvalue weighted by molar-refractivity contribution is -0.135. The van der Waals surface area contributed by atoms with Crippen molar-refractivity contribution in [2.45, 2.75) is 58.2 Å². The van der Waals surface area contributed by atoms with Gasteiger partial charge >= 0.3 is 0 Å². The van der Waals surface area contributed by atoms with E-state index < -0.39 is 0 Å². The molecule has 0 spiro atoms. The van der Waals surface area contributed by atoms with E-state index in [0.717, 1.165) is 19.5 Å². The number of hydrogen-bond donors (Lipinski definition) is 1. The number of likely N-dealkylation sites (tertiary alicyclic amines) is 1. The quantitative estimate of drug-likeness (QED) is 0.760. The van der Waals surface area contributed by atoms with Gasteiger partial charge in [0.1, 0.15) is 0 Å². The average molecular weight is 253 g/mol. The van der Waals surface area contributed by atoms with Crippen LogP contribution in [0.2, 0.25) is 0 Å². The zero-order chi connectivity index (χ0) is 13.5. The monoisotopic (exact) mass is 253 g/mol. The van der Waals surface area contributed by atoms with E-state index >= 15 is 0 Å². The van der Waals surface area contributed by atoms with Gasteiger partial charge in [-0.25, -0.2) is 0 Å². The summed E-state index contributed by atoms with van der Waals surface area (Å²) < 4.78 is 0. The summed E-state index contributed by atoms with van der Waals surface area (Å²) in [5.41, 5.74) is 5.95. The highest BCUT2D eigenvalue weighted by Crippen LogP contribution is 2.29. The van der Waals surface area contributed by atoms with E-state index in [0.29, 0.717) is 12.1 Å². The lowest BCUT2D eigenvalue weighted by Gasteiger charge is -2.33. The summed E-state index contributed by atoms with van der Waals surface area (Å²) in [6.07, 6.45) is 3.60. The topological polar surface area (TPSA) is 49.6 Å². The van der Waals surface area contributed by atoms with Crippen molar-refractivity contribution in [3.05, 3.63) is 0 Å². The zero-order valence-electron chi connectivity index (χ0n) is 12.1. The largest absolute Gasteiger partial charge is 0.340 e. The van der Waals surface area contributed by atoms with Crippen LogP contribution in [0.15, 0.2) is 0 Å². The Kier molecular flexibility index (Phi) is 3.70. The Morgan fingerprint density at radius 1 is 1.22 bits per heavy atom. The third-order valence-corrected chi connectivity index (χ3v) is 4.66. The average Bonchev–Trinajstić information content (AvgIpc) is 2.50. The van der Waals surface area contributed by atoms with Gasteiger partial charge in [-0.3, -0.25) is 9.69 Å². The lowest BCUT2D eigenvalue weighted by Crippen LogP contribution is -2.52. The van der Waals surface area contributed by atoms with Crippen LogP contribution in [0.3, 0.4) is 0 Å². The molecule has 2 N–H and O–H groups in total. The van der Waals surface area contributed by atoms with E-state index in [4.69, 9.17) is 5.73 Å². The second-order valence-corrected chi connectivity index (χ2v) is 6.97. The second kappa shape index (κ2) is 4.82. The van der Waals surface area contributed by atoms with E-state index in [-0.39, 0.29) is 17.4 Å². The first-order valence-corrected chi connectivity index (χ1v) is 7.07. The maximum absolute atomic E-state index is 12.5. The van der Waals surface area contributed by atoms with E-state index in [1.54, 1.807) is 0 Å². The summed E-state index contributed by atoms with van der Waals surface area (Å²) in [5.74, 6) is 0.128. The van der Waals surface area contributed by atoms with Crippen LogP contribution in [-0.2, 0) is 4.79 Å². The van der Waals surface area contributed by atoms with Crippen LogP contribution >= 0.6 is 0 Å². The van der Waals surface area contributed by atoms with E-state index in [9.17, 15) is 4.79 Å². The Hall–Kier alpha value is -0.610. The molecule has 2 aliphatic rings. The molecule has 0 radical (unpaired) electrons. The first-order chi connectivity index (χ1) is 8.30.